The molecule has 0 bridgehead atoms. The van der Waals surface area contributed by atoms with Gasteiger partial charge in [-0.05, 0) is 62.7 Å². The molecule has 9 heteroatoms. The van der Waals surface area contributed by atoms with Crippen molar-refractivity contribution in [3.05, 3.63) is 69.8 Å². The van der Waals surface area contributed by atoms with Gasteiger partial charge in [0.1, 0.15) is 16.6 Å². The van der Waals surface area contributed by atoms with Crippen molar-refractivity contribution in [2.75, 3.05) is 62.2 Å². The normalized spacial score (nSPS) is 17.1. The van der Waals surface area contributed by atoms with E-state index in [1.165, 1.54) is 12.1 Å². The smallest absolute Gasteiger partial charge is 0.116 e. The van der Waals surface area contributed by atoms with Crippen molar-refractivity contribution >= 4 is 51.8 Å². The van der Waals surface area contributed by atoms with Gasteiger partial charge in [0, 0.05) is 72.9 Å². The Kier molecular flexibility index (Phi) is 11.1. The van der Waals surface area contributed by atoms with Gasteiger partial charge in [-0.15, -0.1) is 0 Å². The van der Waals surface area contributed by atoms with Crippen molar-refractivity contribution < 1.29 is 0 Å². The first-order valence-electron chi connectivity index (χ1n) is 12.3. The molecule has 0 radical (unpaired) electrons. The Balaban J connectivity index is 0.000000221. The third kappa shape index (κ3) is 8.28. The van der Waals surface area contributed by atoms with E-state index in [0.717, 1.165) is 80.2 Å². The number of nitriles is 1. The van der Waals surface area contributed by atoms with Gasteiger partial charge in [0.25, 0.3) is 0 Å². The molecule has 2 aromatic rings. The summed E-state index contributed by atoms with van der Waals surface area (Å²) in [7, 11) is 0. The molecule has 0 aliphatic carbocycles. The van der Waals surface area contributed by atoms with Crippen LogP contribution in [0.3, 0.4) is 0 Å². The molecule has 36 heavy (non-hydrogen) atoms. The molecule has 2 aliphatic heterocycles. The Labute approximate surface area is 230 Å². The van der Waals surface area contributed by atoms with Crippen molar-refractivity contribution in [3.63, 3.8) is 0 Å². The zero-order chi connectivity index (χ0) is 25.9. The molecule has 2 heterocycles. The summed E-state index contributed by atoms with van der Waals surface area (Å²) in [5.41, 5.74) is 9.27. The Hall–Kier alpha value is -2.50. The second-order valence-corrected chi connectivity index (χ2v) is 10.1. The van der Waals surface area contributed by atoms with E-state index >= 15 is 0 Å². The number of nitrogens with zero attached hydrogens (tertiary/aromatic N) is 4. The van der Waals surface area contributed by atoms with E-state index in [1.54, 1.807) is 0 Å². The quantitative estimate of drug-likeness (QED) is 0.316. The van der Waals surface area contributed by atoms with Crippen LogP contribution in [0.25, 0.3) is 0 Å². The molecule has 6 nitrogen and oxygen atoms in total. The maximum absolute atomic E-state index is 9.20. The molecule has 192 valence electrons. The molecule has 3 N–H and O–H groups in total. The minimum atomic E-state index is 0.163. The number of benzene rings is 2. The number of allylic oxidation sites excluding steroid dienone is 1. The van der Waals surface area contributed by atoms with Crippen molar-refractivity contribution in [2.24, 2.45) is 5.73 Å². The number of anilines is 2. The Morgan fingerprint density at radius 3 is 2.08 bits per heavy atom. The number of nitrogens with two attached hydrogens (primary N) is 1. The summed E-state index contributed by atoms with van der Waals surface area (Å²) in [6, 6.07) is 18.1. The lowest BCUT2D eigenvalue weighted by Crippen LogP contribution is -2.31. The zero-order valence-electron chi connectivity index (χ0n) is 20.7. The van der Waals surface area contributed by atoms with Crippen LogP contribution in [0.1, 0.15) is 19.8 Å². The SMILES string of the molecule is C/C(=C(\C#N)C(N)=S)N1CCCN(c2cccc(Cl)c2)CC1.Clc1cccc(N2CCCNCC2)c1. The fourth-order valence-corrected chi connectivity index (χ4v) is 5.00. The van der Waals surface area contributed by atoms with Crippen molar-refractivity contribution in [1.29, 1.82) is 5.26 Å². The van der Waals surface area contributed by atoms with Gasteiger partial charge in [0.15, 0.2) is 0 Å². The number of thiocarbonyl (C=S) groups is 1. The third-order valence-corrected chi connectivity index (χ3v) is 7.05. The number of nitrogens with one attached hydrogen (secondary N) is 1. The molecule has 2 aliphatic rings. The van der Waals surface area contributed by atoms with Crippen LogP contribution < -0.4 is 20.9 Å². The molecular weight excluding hydrogens is 511 g/mol. The minimum absolute atomic E-state index is 0.163. The Morgan fingerprint density at radius 2 is 1.50 bits per heavy atom. The predicted molar refractivity (Wildman–Crippen MR) is 156 cm³/mol. The zero-order valence-corrected chi connectivity index (χ0v) is 23.0. The first-order valence-corrected chi connectivity index (χ1v) is 13.4. The summed E-state index contributed by atoms with van der Waals surface area (Å²) >= 11 is 17.0. The standard InChI is InChI=1S/C16H19ClN4S.C11H15ClN2/c1-12(15(11-18)16(19)22)20-6-3-7-21(9-8-20)14-5-2-4-13(17)10-14;12-10-3-1-4-11(9-10)14-7-2-5-13-6-8-14/h2,4-5,10H,3,6-9H2,1H3,(H2,19,22);1,3-4,9,13H,2,5-8H2/b15-12-;. The van der Waals surface area contributed by atoms with Gasteiger partial charge in [0.05, 0.1) is 0 Å². The maximum atomic E-state index is 9.20. The molecule has 2 aromatic carbocycles. The van der Waals surface area contributed by atoms with Gasteiger partial charge in [-0.2, -0.15) is 5.26 Å². The van der Waals surface area contributed by atoms with Crippen LogP contribution in [-0.2, 0) is 0 Å². The van der Waals surface area contributed by atoms with Crippen LogP contribution in [0.5, 0.6) is 0 Å². The van der Waals surface area contributed by atoms with Gasteiger partial charge in [-0.3, -0.25) is 0 Å². The van der Waals surface area contributed by atoms with E-state index in [4.69, 9.17) is 41.2 Å². The van der Waals surface area contributed by atoms with Gasteiger partial charge < -0.3 is 25.8 Å². The summed E-state index contributed by atoms with van der Waals surface area (Å²) in [6.07, 6.45) is 2.20. The Bertz CT molecular complexity index is 1090. The average Bonchev–Trinajstić information content (AvgIpc) is 3.28. The lowest BCUT2D eigenvalue weighted by Gasteiger charge is -2.26. The highest BCUT2D eigenvalue weighted by Gasteiger charge is 2.18. The van der Waals surface area contributed by atoms with Crippen LogP contribution in [0, 0.1) is 11.3 Å². The maximum Gasteiger partial charge on any atom is 0.116 e. The van der Waals surface area contributed by atoms with E-state index < -0.39 is 0 Å². The molecular formula is C27H34Cl2N6S. The van der Waals surface area contributed by atoms with Crippen LogP contribution in [0.2, 0.25) is 10.0 Å². The van der Waals surface area contributed by atoms with Crippen molar-refractivity contribution in [2.45, 2.75) is 19.8 Å². The highest BCUT2D eigenvalue weighted by Crippen LogP contribution is 2.22. The highest BCUT2D eigenvalue weighted by molar-refractivity contribution is 7.80. The van der Waals surface area contributed by atoms with Gasteiger partial charge in [-0.1, -0.05) is 47.6 Å². The van der Waals surface area contributed by atoms with Crippen molar-refractivity contribution in [3.8, 4) is 6.07 Å². The first kappa shape index (κ1) is 28.1. The number of hydrogen-bond donors (Lipinski definition) is 2. The molecule has 2 fully saturated rings. The number of rotatable bonds is 4. The molecule has 4 rings (SSSR count). The second-order valence-electron chi connectivity index (χ2n) is 8.81. The molecule has 0 amide bonds. The monoisotopic (exact) mass is 544 g/mol. The van der Waals surface area contributed by atoms with E-state index in [0.29, 0.717) is 5.57 Å². The van der Waals surface area contributed by atoms with Gasteiger partial charge >= 0.3 is 0 Å². The fraction of sp³-hybridized carbons (Fsp3) is 0.407. The summed E-state index contributed by atoms with van der Waals surface area (Å²) in [4.78, 5) is 7.04. The van der Waals surface area contributed by atoms with E-state index in [2.05, 4.69) is 38.2 Å². The Morgan fingerprint density at radius 1 is 0.889 bits per heavy atom. The summed E-state index contributed by atoms with van der Waals surface area (Å²) < 4.78 is 0. The van der Waals surface area contributed by atoms with Gasteiger partial charge in [0.2, 0.25) is 0 Å². The first-order chi connectivity index (χ1) is 17.4. The lowest BCUT2D eigenvalue weighted by molar-refractivity contribution is 0.369. The fourth-order valence-electron chi connectivity index (χ4n) is 4.43. The minimum Gasteiger partial charge on any atom is -0.389 e. The van der Waals surface area contributed by atoms with E-state index in [1.807, 2.05) is 43.3 Å². The molecule has 2 saturated heterocycles. The largest absolute Gasteiger partial charge is 0.389 e. The summed E-state index contributed by atoms with van der Waals surface area (Å²) in [5.74, 6) is 0. The lowest BCUT2D eigenvalue weighted by atomic mass is 10.2. The van der Waals surface area contributed by atoms with Crippen LogP contribution in [0.15, 0.2) is 59.8 Å². The topological polar surface area (TPSA) is 71.6 Å². The van der Waals surface area contributed by atoms with E-state index in [9.17, 15) is 5.26 Å². The average molecular weight is 546 g/mol. The summed E-state index contributed by atoms with van der Waals surface area (Å²) in [5, 5.41) is 14.2. The highest BCUT2D eigenvalue weighted by atomic mass is 35.5. The molecule has 0 atom stereocenters. The van der Waals surface area contributed by atoms with Crippen LogP contribution in [0.4, 0.5) is 11.4 Å². The third-order valence-electron chi connectivity index (χ3n) is 6.38. The molecule has 0 spiro atoms. The molecule has 0 aromatic heterocycles. The van der Waals surface area contributed by atoms with Crippen LogP contribution >= 0.6 is 35.4 Å². The predicted octanol–water partition coefficient (Wildman–Crippen LogP) is 5.08. The van der Waals surface area contributed by atoms with Gasteiger partial charge in [-0.25, -0.2) is 0 Å². The molecule has 0 unspecified atom stereocenters. The number of hydrogen-bond acceptors (Lipinski definition) is 6. The van der Waals surface area contributed by atoms with Crippen LogP contribution in [-0.4, -0.2) is 62.2 Å². The van der Waals surface area contributed by atoms with Crippen molar-refractivity contribution in [1.82, 2.24) is 10.2 Å². The summed E-state index contributed by atoms with van der Waals surface area (Å²) in [6.45, 7) is 9.82. The second kappa shape index (κ2) is 14.3. The van der Waals surface area contributed by atoms with E-state index in [-0.39, 0.29) is 4.99 Å². The molecule has 0 saturated carbocycles. The number of halogens is 2.